The zero-order valence-electron chi connectivity index (χ0n) is 16.0. The number of carbonyl (C=O) groups excluding carboxylic acids is 2. The van der Waals surface area contributed by atoms with Crippen molar-refractivity contribution in [1.29, 1.82) is 0 Å². The molecule has 2 aromatic heterocycles. The summed E-state index contributed by atoms with van der Waals surface area (Å²) in [6, 6.07) is 5.60. The average molecular weight is 426 g/mol. The Morgan fingerprint density at radius 2 is 1.70 bits per heavy atom. The minimum Gasteiger partial charge on any atom is -0.275 e. The zero-order chi connectivity index (χ0) is 21.3. The molecule has 11 heteroatoms. The monoisotopic (exact) mass is 426 g/mol. The van der Waals surface area contributed by atoms with E-state index in [4.69, 9.17) is 0 Å². The summed E-state index contributed by atoms with van der Waals surface area (Å²) in [4.78, 5) is 33.3. The number of benzene rings is 1. The summed E-state index contributed by atoms with van der Waals surface area (Å²) in [5.74, 6) is -0.585. The molecule has 0 bridgehead atoms. The van der Waals surface area contributed by atoms with E-state index < -0.39 is 10.0 Å². The smallest absolute Gasteiger partial charge is 0.240 e. The Hall–Kier alpha value is -3.44. The van der Waals surface area contributed by atoms with Crippen LogP contribution in [0.1, 0.15) is 18.5 Å². The molecule has 1 aromatic carbocycles. The van der Waals surface area contributed by atoms with Crippen molar-refractivity contribution in [2.45, 2.75) is 24.3 Å². The lowest BCUT2D eigenvalue weighted by atomic mass is 10.2. The van der Waals surface area contributed by atoms with Gasteiger partial charge in [-0.1, -0.05) is 0 Å². The SMILES string of the molecule is Cn1cc(-c2nccnc2CNS(=O)(=O)c2ccc(N3C(=O)CCC3=O)cc2)cn1. The molecule has 10 nitrogen and oxygen atoms in total. The molecule has 3 aromatic rings. The summed E-state index contributed by atoms with van der Waals surface area (Å²) in [6.07, 6.45) is 6.74. The predicted octanol–water partition coefficient (Wildman–Crippen LogP) is 1.01. The second kappa shape index (κ2) is 7.76. The number of carbonyl (C=O) groups is 2. The number of hydrogen-bond donors (Lipinski definition) is 1. The van der Waals surface area contributed by atoms with Gasteiger partial charge in [0, 0.05) is 44.0 Å². The van der Waals surface area contributed by atoms with Gasteiger partial charge in [-0.05, 0) is 24.3 Å². The number of imide groups is 1. The maximum absolute atomic E-state index is 12.7. The van der Waals surface area contributed by atoms with Crippen LogP contribution in [0.5, 0.6) is 0 Å². The third kappa shape index (κ3) is 3.84. The van der Waals surface area contributed by atoms with Crippen LogP contribution in [0.2, 0.25) is 0 Å². The van der Waals surface area contributed by atoms with Gasteiger partial charge in [0.25, 0.3) is 0 Å². The van der Waals surface area contributed by atoms with Crippen molar-refractivity contribution in [3.05, 3.63) is 54.7 Å². The predicted molar refractivity (Wildman–Crippen MR) is 106 cm³/mol. The summed E-state index contributed by atoms with van der Waals surface area (Å²) in [5, 5.41) is 4.10. The molecule has 154 valence electrons. The van der Waals surface area contributed by atoms with Crippen molar-refractivity contribution in [1.82, 2.24) is 24.5 Å². The Morgan fingerprint density at radius 3 is 2.33 bits per heavy atom. The normalized spacial score (nSPS) is 14.5. The lowest BCUT2D eigenvalue weighted by Crippen LogP contribution is -2.28. The standard InChI is InChI=1S/C19H18N6O4S/c1-24-12-13(10-22-24)19-16(20-8-9-21-19)11-23-30(28,29)15-4-2-14(3-5-15)25-17(26)6-7-18(25)27/h2-5,8-10,12,23H,6-7,11H2,1H3. The molecule has 1 aliphatic heterocycles. The van der Waals surface area contributed by atoms with Gasteiger partial charge >= 0.3 is 0 Å². The highest BCUT2D eigenvalue weighted by Crippen LogP contribution is 2.24. The minimum absolute atomic E-state index is 0.0113. The third-order valence-corrected chi connectivity index (χ3v) is 6.06. The molecule has 4 rings (SSSR count). The van der Waals surface area contributed by atoms with Crippen LogP contribution in [0.15, 0.2) is 53.9 Å². The van der Waals surface area contributed by atoms with E-state index in [1.54, 1.807) is 24.1 Å². The third-order valence-electron chi connectivity index (χ3n) is 4.64. The molecule has 0 unspecified atom stereocenters. The Morgan fingerprint density at radius 1 is 1.03 bits per heavy atom. The fourth-order valence-electron chi connectivity index (χ4n) is 3.17. The van der Waals surface area contributed by atoms with Gasteiger partial charge in [0.2, 0.25) is 21.8 Å². The maximum Gasteiger partial charge on any atom is 0.240 e. The molecule has 2 amide bonds. The molecule has 0 radical (unpaired) electrons. The molecule has 0 aliphatic carbocycles. The number of hydrogen-bond acceptors (Lipinski definition) is 7. The Labute approximate surface area is 172 Å². The van der Waals surface area contributed by atoms with Gasteiger partial charge in [0.1, 0.15) is 0 Å². The van der Waals surface area contributed by atoms with Crippen LogP contribution in [-0.4, -0.2) is 40.0 Å². The van der Waals surface area contributed by atoms with Gasteiger partial charge in [-0.15, -0.1) is 0 Å². The number of aromatic nitrogens is 4. The topological polar surface area (TPSA) is 127 Å². The highest BCUT2D eigenvalue weighted by atomic mass is 32.2. The maximum atomic E-state index is 12.7. The second-order valence-electron chi connectivity index (χ2n) is 6.70. The number of anilines is 1. The van der Waals surface area contributed by atoms with Crippen molar-refractivity contribution in [3.63, 3.8) is 0 Å². The van der Waals surface area contributed by atoms with E-state index in [-0.39, 0.29) is 36.1 Å². The van der Waals surface area contributed by atoms with Gasteiger partial charge in [0.15, 0.2) is 0 Å². The van der Waals surface area contributed by atoms with Gasteiger partial charge in [0.05, 0.1) is 34.7 Å². The van der Waals surface area contributed by atoms with E-state index in [0.717, 1.165) is 10.5 Å². The van der Waals surface area contributed by atoms with Crippen molar-refractivity contribution in [3.8, 4) is 11.3 Å². The number of sulfonamides is 1. The first kappa shape index (κ1) is 19.9. The van der Waals surface area contributed by atoms with Crippen molar-refractivity contribution < 1.29 is 18.0 Å². The molecular formula is C19H18N6O4S. The van der Waals surface area contributed by atoms with Gasteiger partial charge in [-0.3, -0.25) is 29.1 Å². The van der Waals surface area contributed by atoms with Crippen LogP contribution in [0, 0.1) is 0 Å². The number of nitrogens with one attached hydrogen (secondary N) is 1. The van der Waals surface area contributed by atoms with Gasteiger partial charge in [-0.2, -0.15) is 5.10 Å². The fourth-order valence-corrected chi connectivity index (χ4v) is 4.15. The van der Waals surface area contributed by atoms with E-state index in [9.17, 15) is 18.0 Å². The van der Waals surface area contributed by atoms with E-state index in [1.807, 2.05) is 0 Å². The number of aryl methyl sites for hydroxylation is 1. The molecule has 3 heterocycles. The van der Waals surface area contributed by atoms with Gasteiger partial charge in [-0.25, -0.2) is 13.1 Å². The molecule has 0 spiro atoms. The molecule has 30 heavy (non-hydrogen) atoms. The molecule has 1 saturated heterocycles. The van der Waals surface area contributed by atoms with E-state index in [2.05, 4.69) is 19.8 Å². The largest absolute Gasteiger partial charge is 0.275 e. The highest BCUT2D eigenvalue weighted by molar-refractivity contribution is 7.89. The summed E-state index contributed by atoms with van der Waals surface area (Å²) >= 11 is 0. The molecular weight excluding hydrogens is 408 g/mol. The van der Waals surface area contributed by atoms with Crippen molar-refractivity contribution >= 4 is 27.5 Å². The van der Waals surface area contributed by atoms with Crippen LogP contribution in [-0.2, 0) is 33.2 Å². The summed E-state index contributed by atoms with van der Waals surface area (Å²) in [6.45, 7) is -0.0642. The first-order valence-corrected chi connectivity index (χ1v) is 10.6. The molecule has 0 saturated carbocycles. The molecule has 0 atom stereocenters. The zero-order valence-corrected chi connectivity index (χ0v) is 16.8. The summed E-state index contributed by atoms with van der Waals surface area (Å²) in [7, 11) is -2.07. The van der Waals surface area contributed by atoms with E-state index in [1.165, 1.54) is 36.7 Å². The Bertz CT molecular complexity index is 1200. The molecule has 1 fully saturated rings. The number of amides is 2. The van der Waals surface area contributed by atoms with Gasteiger partial charge < -0.3 is 0 Å². The first-order chi connectivity index (χ1) is 14.3. The average Bonchev–Trinajstić information content (AvgIpc) is 3.32. The van der Waals surface area contributed by atoms with Crippen LogP contribution in [0.25, 0.3) is 11.3 Å². The van der Waals surface area contributed by atoms with Crippen LogP contribution >= 0.6 is 0 Å². The van der Waals surface area contributed by atoms with E-state index in [0.29, 0.717) is 17.1 Å². The fraction of sp³-hybridized carbons (Fsp3) is 0.211. The minimum atomic E-state index is -3.85. The highest BCUT2D eigenvalue weighted by Gasteiger charge is 2.30. The lowest BCUT2D eigenvalue weighted by Gasteiger charge is -2.14. The van der Waals surface area contributed by atoms with E-state index >= 15 is 0 Å². The quantitative estimate of drug-likeness (QED) is 0.583. The number of nitrogens with zero attached hydrogens (tertiary/aromatic N) is 5. The number of rotatable bonds is 6. The first-order valence-electron chi connectivity index (χ1n) is 9.09. The summed E-state index contributed by atoms with van der Waals surface area (Å²) < 4.78 is 29.5. The lowest BCUT2D eigenvalue weighted by molar-refractivity contribution is -0.121. The molecule has 1 N–H and O–H groups in total. The van der Waals surface area contributed by atoms with Crippen LogP contribution in [0.4, 0.5) is 5.69 Å². The van der Waals surface area contributed by atoms with Crippen LogP contribution < -0.4 is 9.62 Å². The van der Waals surface area contributed by atoms with Crippen molar-refractivity contribution in [2.24, 2.45) is 7.05 Å². The Balaban J connectivity index is 1.52. The van der Waals surface area contributed by atoms with Crippen LogP contribution in [0.3, 0.4) is 0 Å². The molecule has 1 aliphatic rings. The van der Waals surface area contributed by atoms with Crippen molar-refractivity contribution in [2.75, 3.05) is 4.90 Å². The summed E-state index contributed by atoms with van der Waals surface area (Å²) in [5.41, 5.74) is 2.08. The second-order valence-corrected chi connectivity index (χ2v) is 8.46. The Kier molecular flexibility index (Phi) is 5.14.